The zero-order valence-corrected chi connectivity index (χ0v) is 24.5. The van der Waals surface area contributed by atoms with E-state index in [1.807, 2.05) is 43.3 Å². The first kappa shape index (κ1) is 30.1. The van der Waals surface area contributed by atoms with Crippen molar-refractivity contribution < 1.29 is 28.7 Å². The molecule has 0 radical (unpaired) electrons. The van der Waals surface area contributed by atoms with Gasteiger partial charge in [-0.15, -0.1) is 0 Å². The van der Waals surface area contributed by atoms with Gasteiger partial charge < -0.3 is 14.8 Å². The van der Waals surface area contributed by atoms with Gasteiger partial charge in [-0.2, -0.15) is 0 Å². The maximum absolute atomic E-state index is 13.2. The number of amides is 3. The number of anilines is 1. The van der Waals surface area contributed by atoms with Gasteiger partial charge in [-0.3, -0.25) is 19.3 Å². The molecular formula is C31H31ClN2O6S. The van der Waals surface area contributed by atoms with Crippen LogP contribution in [0.15, 0.2) is 59.5 Å². The van der Waals surface area contributed by atoms with Crippen molar-refractivity contribution in [3.63, 3.8) is 0 Å². The van der Waals surface area contributed by atoms with Crippen LogP contribution in [0, 0.1) is 0 Å². The van der Waals surface area contributed by atoms with E-state index >= 15 is 0 Å². The van der Waals surface area contributed by atoms with Gasteiger partial charge in [0.2, 0.25) is 5.91 Å². The predicted molar refractivity (Wildman–Crippen MR) is 162 cm³/mol. The molecule has 1 saturated heterocycles. The summed E-state index contributed by atoms with van der Waals surface area (Å²) in [6.07, 6.45) is 5.11. The third-order valence-corrected chi connectivity index (χ3v) is 7.57. The van der Waals surface area contributed by atoms with Crippen LogP contribution in [-0.2, 0) is 14.3 Å². The second-order valence-electron chi connectivity index (χ2n) is 9.40. The Morgan fingerprint density at radius 2 is 1.76 bits per heavy atom. The Morgan fingerprint density at radius 1 is 1.00 bits per heavy atom. The summed E-state index contributed by atoms with van der Waals surface area (Å²) in [5.41, 5.74) is 1.10. The van der Waals surface area contributed by atoms with Crippen LogP contribution in [0.25, 0.3) is 16.8 Å². The molecule has 0 aromatic heterocycles. The number of hydrogen-bond donors (Lipinski definition) is 1. The topological polar surface area (TPSA) is 102 Å². The van der Waals surface area contributed by atoms with Crippen molar-refractivity contribution in [1.82, 2.24) is 4.90 Å². The maximum atomic E-state index is 13.2. The number of unbranched alkanes of at least 4 members (excludes halogenated alkanes) is 2. The van der Waals surface area contributed by atoms with Gasteiger partial charge in [-0.1, -0.05) is 68.6 Å². The molecule has 0 bridgehead atoms. The number of carbonyl (C=O) groups is 4. The molecule has 41 heavy (non-hydrogen) atoms. The Hall–Kier alpha value is -3.82. The highest BCUT2D eigenvalue weighted by Gasteiger charge is 2.36. The Kier molecular flexibility index (Phi) is 10.4. The quantitative estimate of drug-likeness (QED) is 0.133. The summed E-state index contributed by atoms with van der Waals surface area (Å²) in [5.74, 6) is -1.15. The Bertz CT molecular complexity index is 1510. The Balaban J connectivity index is 1.50. The van der Waals surface area contributed by atoms with E-state index in [-0.39, 0.29) is 27.8 Å². The van der Waals surface area contributed by atoms with Crippen LogP contribution in [0.3, 0.4) is 0 Å². The van der Waals surface area contributed by atoms with Crippen molar-refractivity contribution >= 4 is 68.9 Å². The number of benzene rings is 3. The van der Waals surface area contributed by atoms with Crippen LogP contribution >= 0.6 is 23.4 Å². The number of thioether (sulfide) groups is 1. The van der Waals surface area contributed by atoms with Crippen LogP contribution in [0.5, 0.6) is 5.75 Å². The zero-order valence-electron chi connectivity index (χ0n) is 22.9. The molecule has 1 N–H and O–H groups in total. The van der Waals surface area contributed by atoms with E-state index in [9.17, 15) is 19.2 Å². The first-order valence-electron chi connectivity index (χ1n) is 13.5. The van der Waals surface area contributed by atoms with Gasteiger partial charge in [-0.05, 0) is 65.7 Å². The van der Waals surface area contributed by atoms with Crippen molar-refractivity contribution in [2.45, 2.75) is 39.5 Å². The third kappa shape index (κ3) is 7.48. The molecule has 3 amide bonds. The summed E-state index contributed by atoms with van der Waals surface area (Å²) in [5, 5.41) is 4.11. The number of ether oxygens (including phenoxy) is 2. The van der Waals surface area contributed by atoms with Crippen LogP contribution in [0.1, 0.15) is 55.5 Å². The highest BCUT2D eigenvalue weighted by atomic mass is 35.5. The lowest BCUT2D eigenvalue weighted by Gasteiger charge is -2.14. The number of hydrogen-bond acceptors (Lipinski definition) is 7. The molecule has 4 rings (SSSR count). The lowest BCUT2D eigenvalue weighted by molar-refractivity contribution is -0.127. The molecule has 1 aliphatic heterocycles. The van der Waals surface area contributed by atoms with Crippen LogP contribution in [0.4, 0.5) is 10.5 Å². The van der Waals surface area contributed by atoms with E-state index in [4.69, 9.17) is 21.1 Å². The molecule has 3 aromatic carbocycles. The summed E-state index contributed by atoms with van der Waals surface area (Å²) >= 11 is 6.93. The van der Waals surface area contributed by atoms with E-state index in [1.165, 1.54) is 18.2 Å². The molecule has 10 heteroatoms. The molecule has 0 unspecified atom stereocenters. The lowest BCUT2D eigenvalue weighted by atomic mass is 10.0. The number of nitrogens with one attached hydrogen (secondary N) is 1. The van der Waals surface area contributed by atoms with Gasteiger partial charge in [0, 0.05) is 11.3 Å². The third-order valence-electron chi connectivity index (χ3n) is 6.34. The van der Waals surface area contributed by atoms with Gasteiger partial charge >= 0.3 is 5.97 Å². The summed E-state index contributed by atoms with van der Waals surface area (Å²) in [4.78, 5) is 52.3. The minimum atomic E-state index is -0.602. The van der Waals surface area contributed by atoms with Gasteiger partial charge in [-0.25, -0.2) is 4.79 Å². The van der Waals surface area contributed by atoms with Gasteiger partial charge in [0.1, 0.15) is 12.3 Å². The van der Waals surface area contributed by atoms with Crippen molar-refractivity contribution in [1.29, 1.82) is 0 Å². The fourth-order valence-corrected chi connectivity index (χ4v) is 5.15. The van der Waals surface area contributed by atoms with Crippen LogP contribution in [-0.4, -0.2) is 47.7 Å². The average molecular weight is 595 g/mol. The van der Waals surface area contributed by atoms with E-state index in [1.54, 1.807) is 6.08 Å². The number of rotatable bonds is 12. The Labute approximate surface area is 248 Å². The van der Waals surface area contributed by atoms with E-state index in [2.05, 4.69) is 12.2 Å². The van der Waals surface area contributed by atoms with Crippen LogP contribution in [0.2, 0.25) is 5.02 Å². The molecule has 1 aliphatic rings. The van der Waals surface area contributed by atoms with E-state index in [0.29, 0.717) is 17.9 Å². The summed E-state index contributed by atoms with van der Waals surface area (Å²) < 4.78 is 11.2. The SMILES string of the molecule is CCCCOC(=O)c1cc(NC(=O)CN2C(=O)S/C(=C\c3c(OCCCC)ccc4ccccc34)C2=O)ccc1Cl. The molecule has 0 spiro atoms. The first-order chi connectivity index (χ1) is 19.8. The van der Waals surface area contributed by atoms with Crippen molar-refractivity contribution in [2.24, 2.45) is 0 Å². The fourth-order valence-electron chi connectivity index (χ4n) is 4.13. The summed E-state index contributed by atoms with van der Waals surface area (Å²) in [6, 6.07) is 15.9. The summed E-state index contributed by atoms with van der Waals surface area (Å²) in [7, 11) is 0. The highest BCUT2D eigenvalue weighted by molar-refractivity contribution is 8.18. The lowest BCUT2D eigenvalue weighted by Crippen LogP contribution is -2.36. The maximum Gasteiger partial charge on any atom is 0.339 e. The van der Waals surface area contributed by atoms with Gasteiger partial charge in [0.05, 0.1) is 28.7 Å². The first-order valence-corrected chi connectivity index (χ1v) is 14.7. The number of fused-ring (bicyclic) bond motifs is 1. The Morgan fingerprint density at radius 3 is 2.54 bits per heavy atom. The molecule has 0 atom stereocenters. The highest BCUT2D eigenvalue weighted by Crippen LogP contribution is 2.37. The van der Waals surface area contributed by atoms with E-state index in [0.717, 1.165) is 53.1 Å². The zero-order chi connectivity index (χ0) is 29.4. The van der Waals surface area contributed by atoms with Gasteiger partial charge in [0.25, 0.3) is 11.1 Å². The molecule has 8 nitrogen and oxygen atoms in total. The molecule has 214 valence electrons. The second-order valence-corrected chi connectivity index (χ2v) is 10.8. The number of esters is 1. The number of halogens is 1. The van der Waals surface area contributed by atoms with Crippen LogP contribution < -0.4 is 10.1 Å². The standard InChI is InChI=1S/C31H31ClN2O6S/c1-3-5-15-39-26-14-11-20-9-7-8-10-22(20)23(26)18-27-29(36)34(31(38)41-27)19-28(35)33-21-12-13-25(32)24(17-21)30(37)40-16-6-4-2/h7-14,17-18H,3-6,15-16,19H2,1-2H3,(H,33,35)/b27-18-. The smallest absolute Gasteiger partial charge is 0.339 e. The van der Waals surface area contributed by atoms with Crippen molar-refractivity contribution in [3.05, 3.63) is 75.7 Å². The average Bonchev–Trinajstić information content (AvgIpc) is 3.22. The summed E-state index contributed by atoms with van der Waals surface area (Å²) in [6.45, 7) is 4.36. The fraction of sp³-hybridized carbons (Fsp3) is 0.290. The number of nitrogens with zero attached hydrogens (tertiary/aromatic N) is 1. The minimum absolute atomic E-state index is 0.113. The normalized spacial score (nSPS) is 14.1. The molecular weight excluding hydrogens is 564 g/mol. The van der Waals surface area contributed by atoms with Crippen molar-refractivity contribution in [2.75, 3.05) is 25.1 Å². The van der Waals surface area contributed by atoms with Gasteiger partial charge in [0.15, 0.2) is 0 Å². The number of carbonyl (C=O) groups excluding carboxylic acids is 4. The molecule has 0 saturated carbocycles. The molecule has 1 heterocycles. The predicted octanol–water partition coefficient (Wildman–Crippen LogP) is 7.30. The second kappa shape index (κ2) is 14.2. The number of imide groups is 1. The van der Waals surface area contributed by atoms with E-state index < -0.39 is 29.6 Å². The van der Waals surface area contributed by atoms with Crippen molar-refractivity contribution in [3.8, 4) is 5.75 Å². The molecule has 3 aromatic rings. The molecule has 0 aliphatic carbocycles. The minimum Gasteiger partial charge on any atom is -0.493 e. The molecule has 1 fully saturated rings. The largest absolute Gasteiger partial charge is 0.493 e. The monoisotopic (exact) mass is 594 g/mol.